The summed E-state index contributed by atoms with van der Waals surface area (Å²) in [6.07, 6.45) is 2.49. The van der Waals surface area contributed by atoms with Gasteiger partial charge < -0.3 is 19.9 Å². The molecule has 32 heavy (non-hydrogen) atoms. The van der Waals surface area contributed by atoms with Gasteiger partial charge in [-0.3, -0.25) is 4.79 Å². The molecule has 1 aromatic carbocycles. The van der Waals surface area contributed by atoms with Gasteiger partial charge in [0.05, 0.1) is 6.04 Å². The lowest BCUT2D eigenvalue weighted by Gasteiger charge is -2.38. The van der Waals surface area contributed by atoms with E-state index in [-0.39, 0.29) is 30.6 Å². The van der Waals surface area contributed by atoms with E-state index in [2.05, 4.69) is 16.8 Å². The Morgan fingerprint density at radius 3 is 2.69 bits per heavy atom. The molecule has 0 bridgehead atoms. The lowest BCUT2D eigenvalue weighted by molar-refractivity contribution is -0.135. The molecule has 0 aliphatic carbocycles. The van der Waals surface area contributed by atoms with Gasteiger partial charge in [0.15, 0.2) is 0 Å². The summed E-state index contributed by atoms with van der Waals surface area (Å²) in [5, 5.41) is 5.01. The van der Waals surface area contributed by atoms with Crippen molar-refractivity contribution >= 4 is 23.3 Å². The maximum absolute atomic E-state index is 13.5. The van der Waals surface area contributed by atoms with Crippen LogP contribution < -0.4 is 10.1 Å². The summed E-state index contributed by atoms with van der Waals surface area (Å²) in [6, 6.07) is 9.72. The van der Waals surface area contributed by atoms with Crippen molar-refractivity contribution in [1.29, 1.82) is 0 Å². The van der Waals surface area contributed by atoms with Crippen LogP contribution in [-0.4, -0.2) is 54.0 Å². The number of fused-ring (bicyclic) bond motifs is 1. The van der Waals surface area contributed by atoms with Crippen LogP contribution in [0.2, 0.25) is 0 Å². The third-order valence-corrected chi connectivity index (χ3v) is 7.06. The van der Waals surface area contributed by atoms with E-state index >= 15 is 0 Å². The van der Waals surface area contributed by atoms with Crippen LogP contribution in [0.5, 0.6) is 5.75 Å². The molecule has 0 saturated heterocycles. The second-order valence-corrected chi connectivity index (χ2v) is 9.39. The molecule has 2 atom stereocenters. The molecule has 6 nitrogen and oxygen atoms in total. The Morgan fingerprint density at radius 2 is 2.00 bits per heavy atom. The van der Waals surface area contributed by atoms with Gasteiger partial charge in [0.2, 0.25) is 5.91 Å². The molecule has 1 aromatic heterocycles. The fourth-order valence-corrected chi connectivity index (χ4v) is 4.83. The van der Waals surface area contributed by atoms with E-state index in [1.54, 1.807) is 16.2 Å². The number of carbonyl (C=O) groups excluding carboxylic acids is 2. The van der Waals surface area contributed by atoms with Crippen molar-refractivity contribution in [3.05, 3.63) is 51.7 Å². The van der Waals surface area contributed by atoms with E-state index in [0.29, 0.717) is 19.7 Å². The molecule has 3 rings (SSSR count). The van der Waals surface area contributed by atoms with E-state index in [0.717, 1.165) is 30.6 Å². The number of benzene rings is 1. The molecule has 174 valence electrons. The van der Waals surface area contributed by atoms with Gasteiger partial charge in [-0.15, -0.1) is 11.3 Å². The van der Waals surface area contributed by atoms with Gasteiger partial charge in [-0.2, -0.15) is 0 Å². The Hall–Kier alpha value is -2.54. The first-order valence-corrected chi connectivity index (χ1v) is 12.4. The predicted molar refractivity (Wildman–Crippen MR) is 129 cm³/mol. The lowest BCUT2D eigenvalue weighted by Crippen LogP contribution is -2.52. The van der Waals surface area contributed by atoms with E-state index in [1.165, 1.54) is 10.4 Å². The fraction of sp³-hybridized carbons (Fsp3) is 0.520. The smallest absolute Gasteiger partial charge is 0.318 e. The first kappa shape index (κ1) is 24.1. The number of carbonyl (C=O) groups is 2. The number of urea groups is 1. The van der Waals surface area contributed by atoms with Crippen LogP contribution in [0.1, 0.15) is 55.7 Å². The van der Waals surface area contributed by atoms with Crippen molar-refractivity contribution in [1.82, 2.24) is 15.1 Å². The standard InChI is InChI=1S/C25H35N3O3S/c1-5-13-26-25(30)28(19(4)6-2)16-24(29)27-14-11-23-21(12-15-32-23)22(27)17-31-20-9-7-18(3)8-10-20/h7-10,12,15,19,22H,5-6,11,13-14,16-17H2,1-4H3,(H,26,30)/t19-,22+/m0/s1. The second kappa shape index (κ2) is 11.4. The van der Waals surface area contributed by atoms with Gasteiger partial charge in [-0.25, -0.2) is 4.79 Å². The molecule has 0 radical (unpaired) electrons. The molecular weight excluding hydrogens is 422 g/mol. The summed E-state index contributed by atoms with van der Waals surface area (Å²) in [4.78, 5) is 31.0. The number of rotatable bonds is 9. The molecular formula is C25H35N3O3S. The number of amides is 3. The van der Waals surface area contributed by atoms with Crippen LogP contribution in [0.4, 0.5) is 4.79 Å². The van der Waals surface area contributed by atoms with Crippen molar-refractivity contribution in [3.8, 4) is 5.75 Å². The minimum atomic E-state index is -0.171. The molecule has 1 N–H and O–H groups in total. The van der Waals surface area contributed by atoms with E-state index < -0.39 is 0 Å². The molecule has 0 fully saturated rings. The van der Waals surface area contributed by atoms with Gasteiger partial charge in [0.1, 0.15) is 18.9 Å². The minimum absolute atomic E-state index is 0.0143. The zero-order valence-electron chi connectivity index (χ0n) is 19.6. The van der Waals surface area contributed by atoms with Crippen LogP contribution in [0.25, 0.3) is 0 Å². The van der Waals surface area contributed by atoms with Crippen molar-refractivity contribution in [3.63, 3.8) is 0 Å². The molecule has 0 spiro atoms. The summed E-state index contributed by atoms with van der Waals surface area (Å²) in [7, 11) is 0. The van der Waals surface area contributed by atoms with Crippen molar-refractivity contribution in [2.24, 2.45) is 0 Å². The number of hydrogen-bond acceptors (Lipinski definition) is 4. The van der Waals surface area contributed by atoms with Crippen molar-refractivity contribution < 1.29 is 14.3 Å². The Labute approximate surface area is 195 Å². The van der Waals surface area contributed by atoms with E-state index in [9.17, 15) is 9.59 Å². The molecule has 0 unspecified atom stereocenters. The Balaban J connectivity index is 1.75. The van der Waals surface area contributed by atoms with Gasteiger partial charge >= 0.3 is 6.03 Å². The third kappa shape index (κ3) is 5.82. The number of nitrogens with zero attached hydrogens (tertiary/aromatic N) is 2. The van der Waals surface area contributed by atoms with E-state index in [4.69, 9.17) is 4.74 Å². The lowest BCUT2D eigenvalue weighted by atomic mass is 10.00. The number of nitrogens with one attached hydrogen (secondary N) is 1. The molecule has 3 amide bonds. The van der Waals surface area contributed by atoms with Crippen LogP contribution in [-0.2, 0) is 11.2 Å². The van der Waals surface area contributed by atoms with Crippen molar-refractivity contribution in [2.45, 2.75) is 59.0 Å². The van der Waals surface area contributed by atoms with Gasteiger partial charge in [0.25, 0.3) is 0 Å². The molecule has 2 heterocycles. The number of ether oxygens (including phenoxy) is 1. The summed E-state index contributed by atoms with van der Waals surface area (Å²) in [5.41, 5.74) is 2.34. The third-order valence-electron chi connectivity index (χ3n) is 6.06. The normalized spacial score (nSPS) is 16.2. The zero-order valence-corrected chi connectivity index (χ0v) is 20.4. The number of thiophene rings is 1. The zero-order chi connectivity index (χ0) is 23.1. The minimum Gasteiger partial charge on any atom is -0.491 e. The number of hydrogen-bond donors (Lipinski definition) is 1. The Kier molecular flexibility index (Phi) is 8.56. The first-order valence-electron chi connectivity index (χ1n) is 11.5. The van der Waals surface area contributed by atoms with Crippen LogP contribution in [0, 0.1) is 6.92 Å². The predicted octanol–water partition coefficient (Wildman–Crippen LogP) is 4.78. The number of aryl methyl sites for hydroxylation is 1. The summed E-state index contributed by atoms with van der Waals surface area (Å²) in [5.74, 6) is 0.761. The van der Waals surface area contributed by atoms with Crippen molar-refractivity contribution in [2.75, 3.05) is 26.2 Å². The highest BCUT2D eigenvalue weighted by atomic mass is 32.1. The molecule has 1 aliphatic rings. The van der Waals surface area contributed by atoms with Crippen LogP contribution in [0.15, 0.2) is 35.7 Å². The maximum Gasteiger partial charge on any atom is 0.318 e. The highest BCUT2D eigenvalue weighted by molar-refractivity contribution is 7.10. The molecule has 2 aromatic rings. The highest BCUT2D eigenvalue weighted by Gasteiger charge is 2.34. The second-order valence-electron chi connectivity index (χ2n) is 8.39. The first-order chi connectivity index (χ1) is 15.4. The highest BCUT2D eigenvalue weighted by Crippen LogP contribution is 2.34. The van der Waals surface area contributed by atoms with Gasteiger partial charge in [-0.05, 0) is 62.3 Å². The Morgan fingerprint density at radius 1 is 1.25 bits per heavy atom. The molecule has 7 heteroatoms. The SMILES string of the molecule is CCCNC(=O)N(CC(=O)N1CCc2sccc2[C@H]1COc1ccc(C)cc1)[C@@H](C)CC. The van der Waals surface area contributed by atoms with Crippen LogP contribution >= 0.6 is 11.3 Å². The molecule has 0 saturated carbocycles. The van der Waals surface area contributed by atoms with Crippen LogP contribution in [0.3, 0.4) is 0 Å². The Bertz CT molecular complexity index is 896. The largest absolute Gasteiger partial charge is 0.491 e. The average molecular weight is 458 g/mol. The maximum atomic E-state index is 13.5. The summed E-state index contributed by atoms with van der Waals surface area (Å²) in [6.45, 7) is 9.80. The monoisotopic (exact) mass is 457 g/mol. The average Bonchev–Trinajstić information content (AvgIpc) is 3.29. The van der Waals surface area contributed by atoms with Gasteiger partial charge in [0, 0.05) is 24.0 Å². The van der Waals surface area contributed by atoms with E-state index in [1.807, 2.05) is 56.9 Å². The molecule has 1 aliphatic heterocycles. The topological polar surface area (TPSA) is 61.9 Å². The quantitative estimate of drug-likeness (QED) is 0.589. The summed E-state index contributed by atoms with van der Waals surface area (Å²) < 4.78 is 6.10. The van der Waals surface area contributed by atoms with Gasteiger partial charge in [-0.1, -0.05) is 31.5 Å². The fourth-order valence-electron chi connectivity index (χ4n) is 3.90. The summed E-state index contributed by atoms with van der Waals surface area (Å²) >= 11 is 1.73.